The Kier molecular flexibility index (Phi) is 7.34. The lowest BCUT2D eigenvalue weighted by atomic mass is 9.84. The van der Waals surface area contributed by atoms with Crippen LogP contribution in [-0.2, 0) is 0 Å². The van der Waals surface area contributed by atoms with E-state index in [4.69, 9.17) is 6.42 Å². The minimum Gasteiger partial charge on any atom is -0.314 e. The van der Waals surface area contributed by atoms with Crippen molar-refractivity contribution in [2.75, 3.05) is 6.54 Å². The van der Waals surface area contributed by atoms with Crippen LogP contribution in [0, 0.1) is 18.3 Å². The largest absolute Gasteiger partial charge is 0.314 e. The molecule has 0 heterocycles. The minimum absolute atomic E-state index is 0.666. The third-order valence-corrected chi connectivity index (χ3v) is 3.78. The molecule has 1 aliphatic rings. The van der Waals surface area contributed by atoms with E-state index in [1.54, 1.807) is 0 Å². The molecule has 0 aromatic carbocycles. The first-order valence-electron chi connectivity index (χ1n) is 7.05. The molecule has 1 rings (SSSR count). The Balaban J connectivity index is 2.42. The highest BCUT2D eigenvalue weighted by molar-refractivity contribution is 4.87. The van der Waals surface area contributed by atoms with E-state index in [0.717, 1.165) is 25.3 Å². The number of terminal acetylenes is 1. The van der Waals surface area contributed by atoms with E-state index in [-0.39, 0.29) is 0 Å². The van der Waals surface area contributed by atoms with Gasteiger partial charge in [-0.05, 0) is 31.7 Å². The summed E-state index contributed by atoms with van der Waals surface area (Å²) in [5.41, 5.74) is 0. The maximum absolute atomic E-state index is 5.38. The molecule has 16 heavy (non-hydrogen) atoms. The zero-order valence-corrected chi connectivity index (χ0v) is 10.8. The fourth-order valence-electron chi connectivity index (χ4n) is 2.90. The van der Waals surface area contributed by atoms with Gasteiger partial charge in [-0.2, -0.15) is 0 Å². The molecule has 92 valence electrons. The molecule has 0 bridgehead atoms. The van der Waals surface area contributed by atoms with E-state index >= 15 is 0 Å². The molecule has 0 spiro atoms. The lowest BCUT2D eigenvalue weighted by Crippen LogP contribution is -2.36. The summed E-state index contributed by atoms with van der Waals surface area (Å²) >= 11 is 0. The first-order chi connectivity index (χ1) is 7.88. The van der Waals surface area contributed by atoms with Gasteiger partial charge in [0.25, 0.3) is 0 Å². The van der Waals surface area contributed by atoms with Crippen LogP contribution in [0.2, 0.25) is 0 Å². The van der Waals surface area contributed by atoms with Crippen molar-refractivity contribution < 1.29 is 0 Å². The average Bonchev–Trinajstić information content (AvgIpc) is 2.24. The quantitative estimate of drug-likeness (QED) is 0.697. The number of hydrogen-bond acceptors (Lipinski definition) is 1. The lowest BCUT2D eigenvalue weighted by molar-refractivity contribution is 0.278. The highest BCUT2D eigenvalue weighted by Crippen LogP contribution is 2.26. The highest BCUT2D eigenvalue weighted by atomic mass is 14.9. The van der Waals surface area contributed by atoms with Gasteiger partial charge in [0.2, 0.25) is 0 Å². The summed E-state index contributed by atoms with van der Waals surface area (Å²) in [7, 11) is 0. The monoisotopic (exact) mass is 221 g/mol. The van der Waals surface area contributed by atoms with Gasteiger partial charge >= 0.3 is 0 Å². The molecule has 1 saturated carbocycles. The van der Waals surface area contributed by atoms with E-state index in [2.05, 4.69) is 18.2 Å². The predicted molar refractivity (Wildman–Crippen MR) is 71.3 cm³/mol. The summed E-state index contributed by atoms with van der Waals surface area (Å²) in [6.07, 6.45) is 17.4. The first-order valence-corrected chi connectivity index (χ1v) is 7.05. The van der Waals surface area contributed by atoms with Crippen molar-refractivity contribution in [2.45, 2.75) is 70.8 Å². The van der Waals surface area contributed by atoms with E-state index < -0.39 is 0 Å². The minimum atomic E-state index is 0.666. The summed E-state index contributed by atoms with van der Waals surface area (Å²) in [5.74, 6) is 3.65. The van der Waals surface area contributed by atoms with Crippen molar-refractivity contribution in [1.29, 1.82) is 0 Å². The molecular formula is C15H27N. The van der Waals surface area contributed by atoms with Gasteiger partial charge < -0.3 is 5.32 Å². The molecule has 1 aliphatic carbocycles. The van der Waals surface area contributed by atoms with E-state index in [0.29, 0.717) is 6.04 Å². The molecular weight excluding hydrogens is 194 g/mol. The second-order valence-electron chi connectivity index (χ2n) is 5.01. The number of rotatable bonds is 5. The summed E-state index contributed by atoms with van der Waals surface area (Å²) in [4.78, 5) is 0. The summed E-state index contributed by atoms with van der Waals surface area (Å²) in [6, 6.07) is 0.666. The van der Waals surface area contributed by atoms with Gasteiger partial charge in [-0.25, -0.2) is 0 Å². The second kappa shape index (κ2) is 8.65. The van der Waals surface area contributed by atoms with Gasteiger partial charge in [0.05, 0.1) is 0 Å². The number of nitrogens with one attached hydrogen (secondary N) is 1. The van der Waals surface area contributed by atoms with Crippen molar-refractivity contribution in [3.05, 3.63) is 0 Å². The van der Waals surface area contributed by atoms with Crippen LogP contribution in [-0.4, -0.2) is 12.6 Å². The molecule has 0 aromatic heterocycles. The van der Waals surface area contributed by atoms with Crippen LogP contribution in [0.1, 0.15) is 64.7 Å². The zero-order valence-electron chi connectivity index (χ0n) is 10.8. The van der Waals surface area contributed by atoms with Crippen molar-refractivity contribution in [1.82, 2.24) is 5.32 Å². The average molecular weight is 221 g/mol. The second-order valence-corrected chi connectivity index (χ2v) is 5.01. The highest BCUT2D eigenvalue weighted by Gasteiger charge is 2.20. The molecule has 1 heteroatoms. The van der Waals surface area contributed by atoms with Crippen molar-refractivity contribution >= 4 is 0 Å². The van der Waals surface area contributed by atoms with Crippen molar-refractivity contribution in [3.63, 3.8) is 0 Å². The molecule has 1 fully saturated rings. The van der Waals surface area contributed by atoms with Gasteiger partial charge in [0, 0.05) is 12.5 Å². The third-order valence-electron chi connectivity index (χ3n) is 3.78. The SMILES string of the molecule is C#CCCC(NCC)C1CCCCCCC1. The number of hydrogen-bond donors (Lipinski definition) is 1. The Labute approximate surface area is 101 Å². The van der Waals surface area contributed by atoms with Crippen LogP contribution in [0.4, 0.5) is 0 Å². The maximum Gasteiger partial charge on any atom is 0.0104 e. The Morgan fingerprint density at radius 1 is 1.19 bits per heavy atom. The van der Waals surface area contributed by atoms with Crippen LogP contribution in [0.5, 0.6) is 0 Å². The van der Waals surface area contributed by atoms with Crippen LogP contribution in [0.3, 0.4) is 0 Å². The van der Waals surface area contributed by atoms with Crippen LogP contribution >= 0.6 is 0 Å². The molecule has 1 unspecified atom stereocenters. The lowest BCUT2D eigenvalue weighted by Gasteiger charge is -2.29. The maximum atomic E-state index is 5.38. The van der Waals surface area contributed by atoms with Gasteiger partial charge in [-0.1, -0.05) is 39.0 Å². The van der Waals surface area contributed by atoms with Crippen LogP contribution < -0.4 is 5.32 Å². The third kappa shape index (κ3) is 5.03. The molecule has 0 aromatic rings. The van der Waals surface area contributed by atoms with E-state index in [9.17, 15) is 0 Å². The molecule has 0 saturated heterocycles. The van der Waals surface area contributed by atoms with Gasteiger partial charge in [0.15, 0.2) is 0 Å². The molecule has 0 amide bonds. The Hall–Kier alpha value is -0.480. The Morgan fingerprint density at radius 3 is 2.38 bits per heavy atom. The molecule has 1 nitrogen and oxygen atoms in total. The zero-order chi connectivity index (χ0) is 11.6. The van der Waals surface area contributed by atoms with Crippen molar-refractivity contribution in [2.24, 2.45) is 5.92 Å². The van der Waals surface area contributed by atoms with Gasteiger partial charge in [-0.15, -0.1) is 12.3 Å². The predicted octanol–water partition coefficient (Wildman–Crippen LogP) is 3.74. The normalized spacial score (nSPS) is 20.8. The van der Waals surface area contributed by atoms with Crippen LogP contribution in [0.15, 0.2) is 0 Å². The molecule has 0 radical (unpaired) electrons. The van der Waals surface area contributed by atoms with E-state index in [1.807, 2.05) is 0 Å². The van der Waals surface area contributed by atoms with Gasteiger partial charge in [-0.3, -0.25) is 0 Å². The molecule has 1 atom stereocenters. The van der Waals surface area contributed by atoms with Crippen molar-refractivity contribution in [3.8, 4) is 12.3 Å². The summed E-state index contributed by atoms with van der Waals surface area (Å²) < 4.78 is 0. The Morgan fingerprint density at radius 2 is 1.81 bits per heavy atom. The fraction of sp³-hybridized carbons (Fsp3) is 0.867. The first kappa shape index (κ1) is 13.6. The topological polar surface area (TPSA) is 12.0 Å². The Bertz CT molecular complexity index is 196. The van der Waals surface area contributed by atoms with E-state index in [1.165, 1.54) is 44.9 Å². The van der Waals surface area contributed by atoms with Gasteiger partial charge in [0.1, 0.15) is 0 Å². The smallest absolute Gasteiger partial charge is 0.0104 e. The standard InChI is InChI=1S/C15H27N/c1-3-5-13-15(16-4-2)14-11-9-7-6-8-10-12-14/h1,14-16H,4-13H2,2H3. The summed E-state index contributed by atoms with van der Waals surface area (Å²) in [6.45, 7) is 3.28. The fourth-order valence-corrected chi connectivity index (χ4v) is 2.90. The molecule has 0 aliphatic heterocycles. The molecule has 1 N–H and O–H groups in total. The van der Waals surface area contributed by atoms with Crippen LogP contribution in [0.25, 0.3) is 0 Å². The summed E-state index contributed by atoms with van der Waals surface area (Å²) in [5, 5.41) is 3.64.